The van der Waals surface area contributed by atoms with E-state index in [0.29, 0.717) is 5.75 Å². The van der Waals surface area contributed by atoms with Crippen molar-refractivity contribution in [3.8, 4) is 0 Å². The molecule has 20 heavy (non-hydrogen) atoms. The Hall–Kier alpha value is -0.420. The second-order valence-corrected chi connectivity index (χ2v) is 8.28. The van der Waals surface area contributed by atoms with Crippen molar-refractivity contribution in [2.45, 2.75) is 38.6 Å². The summed E-state index contributed by atoms with van der Waals surface area (Å²) in [6, 6.07) is 0.788. The predicted octanol–water partition coefficient (Wildman–Crippen LogP) is 1.09. The molecule has 0 unspecified atom stereocenters. The van der Waals surface area contributed by atoms with Crippen molar-refractivity contribution in [3.63, 3.8) is 0 Å². The molecule has 3 aliphatic rings. The van der Waals surface area contributed by atoms with Gasteiger partial charge in [-0.05, 0) is 31.1 Å². The molecular formula is C15H26N2O2S. The Kier molecular flexibility index (Phi) is 4.46. The van der Waals surface area contributed by atoms with Gasteiger partial charge in [0, 0.05) is 48.8 Å². The highest BCUT2D eigenvalue weighted by Crippen LogP contribution is 2.46. The highest BCUT2D eigenvalue weighted by atomic mass is 32.2. The van der Waals surface area contributed by atoms with Crippen molar-refractivity contribution in [1.82, 2.24) is 9.80 Å². The minimum absolute atomic E-state index is 0.0813. The molecule has 0 aromatic rings. The lowest BCUT2D eigenvalue weighted by molar-refractivity contribution is -0.130. The Morgan fingerprint density at radius 3 is 2.45 bits per heavy atom. The number of carbonyl (C=O) groups is 1. The first kappa shape index (κ1) is 14.5. The topological polar surface area (TPSA) is 40.6 Å². The van der Waals surface area contributed by atoms with Gasteiger partial charge in [0.2, 0.25) is 5.91 Å². The molecule has 1 amide bonds. The molecule has 2 saturated carbocycles. The molecule has 114 valence electrons. The molecule has 4 atom stereocenters. The quantitative estimate of drug-likeness (QED) is 0.780. The fraction of sp³-hybridized carbons (Fsp3) is 0.933. The summed E-state index contributed by atoms with van der Waals surface area (Å²) in [7, 11) is -0.976. The summed E-state index contributed by atoms with van der Waals surface area (Å²) in [5.74, 6) is 2.78. The molecule has 3 fully saturated rings. The van der Waals surface area contributed by atoms with Crippen LogP contribution in [0.3, 0.4) is 0 Å². The number of fused-ring (bicyclic) bond motifs is 2. The molecule has 5 heteroatoms. The van der Waals surface area contributed by atoms with Crippen molar-refractivity contribution >= 4 is 16.7 Å². The van der Waals surface area contributed by atoms with Gasteiger partial charge in [0.15, 0.2) is 0 Å². The van der Waals surface area contributed by atoms with Gasteiger partial charge in [-0.15, -0.1) is 0 Å². The van der Waals surface area contributed by atoms with Crippen LogP contribution in [0.5, 0.6) is 0 Å². The molecule has 1 aliphatic heterocycles. The third kappa shape index (κ3) is 2.93. The van der Waals surface area contributed by atoms with Crippen LogP contribution in [0, 0.1) is 11.8 Å². The maximum atomic E-state index is 12.0. The molecule has 0 spiro atoms. The number of nitrogens with zero attached hydrogens (tertiary/aromatic N) is 2. The molecule has 0 aromatic heterocycles. The van der Waals surface area contributed by atoms with E-state index in [1.807, 2.05) is 11.8 Å². The highest BCUT2D eigenvalue weighted by molar-refractivity contribution is 7.85. The van der Waals surface area contributed by atoms with E-state index in [-0.39, 0.29) is 11.7 Å². The summed E-state index contributed by atoms with van der Waals surface area (Å²) >= 11 is 0. The zero-order valence-electron chi connectivity index (χ0n) is 12.4. The zero-order chi connectivity index (χ0) is 14.1. The van der Waals surface area contributed by atoms with Gasteiger partial charge in [-0.1, -0.05) is 13.3 Å². The van der Waals surface area contributed by atoms with E-state index in [1.54, 1.807) is 0 Å². The number of carbonyl (C=O) groups excluding carboxylic acids is 1. The van der Waals surface area contributed by atoms with Crippen LogP contribution in [0.15, 0.2) is 0 Å². The van der Waals surface area contributed by atoms with Crippen LogP contribution in [0.25, 0.3) is 0 Å². The summed E-state index contributed by atoms with van der Waals surface area (Å²) in [5.41, 5.74) is 0. The normalized spacial score (nSPS) is 35.5. The summed E-state index contributed by atoms with van der Waals surface area (Å²) in [4.78, 5) is 16.6. The van der Waals surface area contributed by atoms with Gasteiger partial charge in [-0.2, -0.15) is 0 Å². The number of hydrogen-bond donors (Lipinski definition) is 0. The van der Waals surface area contributed by atoms with E-state index in [0.717, 1.165) is 44.1 Å². The first-order chi connectivity index (χ1) is 9.67. The Morgan fingerprint density at radius 1 is 1.15 bits per heavy atom. The molecular weight excluding hydrogens is 272 g/mol. The first-order valence-electron chi connectivity index (χ1n) is 8.04. The fourth-order valence-electron chi connectivity index (χ4n) is 4.29. The maximum absolute atomic E-state index is 12.0. The summed E-state index contributed by atoms with van der Waals surface area (Å²) in [5, 5.41) is 0. The molecule has 1 heterocycles. The smallest absolute Gasteiger partial charge is 0.235 e. The largest absolute Gasteiger partial charge is 0.339 e. The Balaban J connectivity index is 1.47. The average molecular weight is 298 g/mol. The Morgan fingerprint density at radius 2 is 1.90 bits per heavy atom. The lowest BCUT2D eigenvalue weighted by atomic mass is 9.93. The van der Waals surface area contributed by atoms with E-state index in [1.165, 1.54) is 25.7 Å². The lowest BCUT2D eigenvalue weighted by Gasteiger charge is -2.41. The van der Waals surface area contributed by atoms with Gasteiger partial charge in [0.25, 0.3) is 0 Å². The van der Waals surface area contributed by atoms with Crippen LogP contribution in [0.1, 0.15) is 32.6 Å². The summed E-state index contributed by atoms with van der Waals surface area (Å²) < 4.78 is 11.5. The molecule has 3 rings (SSSR count). The number of rotatable bonds is 4. The minimum atomic E-state index is -0.976. The van der Waals surface area contributed by atoms with Gasteiger partial charge < -0.3 is 4.90 Å². The molecule has 0 aromatic carbocycles. The third-order valence-corrected chi connectivity index (χ3v) is 6.66. The van der Waals surface area contributed by atoms with Crippen molar-refractivity contribution in [2.75, 3.05) is 37.7 Å². The average Bonchev–Trinajstić information content (AvgIpc) is 3.10. The standard InChI is InChI=1S/C15H26N2O2S/c1-2-20(19)11-15(18)17-7-5-16(6-8-17)14-10-12-3-4-13(14)9-12/h12-14H,2-11H2,1H3/t12-,13-,14-,20+/m0/s1. The van der Waals surface area contributed by atoms with Crippen molar-refractivity contribution in [3.05, 3.63) is 0 Å². The van der Waals surface area contributed by atoms with Gasteiger partial charge in [-0.25, -0.2) is 0 Å². The lowest BCUT2D eigenvalue weighted by Crippen LogP contribution is -2.53. The van der Waals surface area contributed by atoms with Gasteiger partial charge in [0.1, 0.15) is 5.75 Å². The maximum Gasteiger partial charge on any atom is 0.235 e. The van der Waals surface area contributed by atoms with E-state index in [9.17, 15) is 9.00 Å². The van der Waals surface area contributed by atoms with Crippen LogP contribution < -0.4 is 0 Å². The second kappa shape index (κ2) is 6.14. The minimum Gasteiger partial charge on any atom is -0.339 e. The SMILES string of the molecule is CC[S@@](=O)CC(=O)N1CCN([C@H]2C[C@H]3CC[C@H]2C3)CC1. The van der Waals surface area contributed by atoms with Gasteiger partial charge >= 0.3 is 0 Å². The highest BCUT2D eigenvalue weighted by Gasteiger charge is 2.42. The molecule has 2 aliphatic carbocycles. The number of hydrogen-bond acceptors (Lipinski definition) is 3. The van der Waals surface area contributed by atoms with Crippen LogP contribution in [-0.4, -0.2) is 63.6 Å². The molecule has 0 radical (unpaired) electrons. The Bertz CT molecular complexity index is 393. The predicted molar refractivity (Wildman–Crippen MR) is 80.9 cm³/mol. The van der Waals surface area contributed by atoms with Crippen LogP contribution in [-0.2, 0) is 15.6 Å². The third-order valence-electron chi connectivity index (χ3n) is 5.44. The van der Waals surface area contributed by atoms with Gasteiger partial charge in [0.05, 0.1) is 0 Å². The van der Waals surface area contributed by atoms with Crippen molar-refractivity contribution in [1.29, 1.82) is 0 Å². The molecule has 4 nitrogen and oxygen atoms in total. The van der Waals surface area contributed by atoms with Crippen LogP contribution in [0.2, 0.25) is 0 Å². The number of amides is 1. The monoisotopic (exact) mass is 298 g/mol. The van der Waals surface area contributed by atoms with Crippen LogP contribution in [0.4, 0.5) is 0 Å². The van der Waals surface area contributed by atoms with Crippen molar-refractivity contribution in [2.24, 2.45) is 11.8 Å². The fourth-order valence-corrected chi connectivity index (χ4v) is 4.95. The van der Waals surface area contributed by atoms with E-state index in [2.05, 4.69) is 4.90 Å². The van der Waals surface area contributed by atoms with Crippen LogP contribution >= 0.6 is 0 Å². The van der Waals surface area contributed by atoms with E-state index >= 15 is 0 Å². The first-order valence-corrected chi connectivity index (χ1v) is 9.53. The van der Waals surface area contributed by atoms with Crippen molar-refractivity contribution < 1.29 is 9.00 Å². The summed E-state index contributed by atoms with van der Waals surface area (Å²) in [6.45, 7) is 5.55. The van der Waals surface area contributed by atoms with E-state index < -0.39 is 10.8 Å². The molecule has 1 saturated heterocycles. The van der Waals surface area contributed by atoms with Gasteiger partial charge in [-0.3, -0.25) is 13.9 Å². The zero-order valence-corrected chi connectivity index (χ0v) is 13.2. The molecule has 2 bridgehead atoms. The Labute approximate surface area is 124 Å². The molecule has 0 N–H and O–H groups in total. The second-order valence-electron chi connectivity index (χ2n) is 6.53. The summed E-state index contributed by atoms with van der Waals surface area (Å²) in [6.07, 6.45) is 5.70. The number of piperazine rings is 1. The van der Waals surface area contributed by atoms with E-state index in [4.69, 9.17) is 0 Å².